The van der Waals surface area contributed by atoms with Crippen molar-refractivity contribution in [1.82, 2.24) is 19.8 Å². The minimum atomic E-state index is -0.532. The monoisotopic (exact) mass is 504 g/mol. The van der Waals surface area contributed by atoms with Crippen LogP contribution in [0.25, 0.3) is 16.5 Å². The van der Waals surface area contributed by atoms with E-state index in [9.17, 15) is 14.0 Å². The van der Waals surface area contributed by atoms with Crippen molar-refractivity contribution < 1.29 is 23.1 Å². The van der Waals surface area contributed by atoms with Gasteiger partial charge in [0.25, 0.3) is 5.91 Å². The van der Waals surface area contributed by atoms with Gasteiger partial charge in [-0.2, -0.15) is 5.10 Å². The zero-order chi connectivity index (χ0) is 25.9. The minimum absolute atomic E-state index is 0.0169. The summed E-state index contributed by atoms with van der Waals surface area (Å²) in [5.74, 6) is 2.50. The number of aldehydes is 1. The van der Waals surface area contributed by atoms with E-state index in [4.69, 9.17) is 9.15 Å². The molecular weight excluding hydrogens is 475 g/mol. The van der Waals surface area contributed by atoms with Crippen LogP contribution < -0.4 is 10.1 Å². The highest BCUT2D eigenvalue weighted by Crippen LogP contribution is 2.57. The van der Waals surface area contributed by atoms with E-state index in [2.05, 4.69) is 10.4 Å². The highest BCUT2D eigenvalue weighted by Gasteiger charge is 2.57. The number of benzene rings is 1. The molecule has 3 aromatic heterocycles. The van der Waals surface area contributed by atoms with Crippen LogP contribution in [0, 0.1) is 19.8 Å². The lowest BCUT2D eigenvalue weighted by molar-refractivity contribution is -0.0438. The van der Waals surface area contributed by atoms with Crippen molar-refractivity contribution in [2.24, 2.45) is 5.92 Å². The molecule has 37 heavy (non-hydrogen) atoms. The zero-order valence-electron chi connectivity index (χ0n) is 21.1. The van der Waals surface area contributed by atoms with Gasteiger partial charge in [-0.15, -0.1) is 0 Å². The summed E-state index contributed by atoms with van der Waals surface area (Å²) in [5, 5.41) is 8.24. The summed E-state index contributed by atoms with van der Waals surface area (Å²) in [6.45, 7) is 4.96. The van der Waals surface area contributed by atoms with Gasteiger partial charge in [0.2, 0.25) is 0 Å². The molecule has 1 aromatic carbocycles. The summed E-state index contributed by atoms with van der Waals surface area (Å²) in [4.78, 5) is 26.2. The molecule has 1 saturated heterocycles. The van der Waals surface area contributed by atoms with Gasteiger partial charge in [0.1, 0.15) is 28.8 Å². The average Bonchev–Trinajstić information content (AvgIpc) is 3.31. The Labute approximate surface area is 213 Å². The molecule has 3 aliphatic carbocycles. The van der Waals surface area contributed by atoms with E-state index >= 15 is 0 Å². The largest absolute Gasteiger partial charge is 0.460 e. The molecule has 0 unspecified atom stereocenters. The van der Waals surface area contributed by atoms with E-state index in [1.807, 2.05) is 37.9 Å². The topological polar surface area (TPSA) is 89.1 Å². The molecule has 192 valence electrons. The van der Waals surface area contributed by atoms with Gasteiger partial charge in [0, 0.05) is 47.9 Å². The van der Waals surface area contributed by atoms with Gasteiger partial charge >= 0.3 is 0 Å². The first kappa shape index (κ1) is 23.7. The Morgan fingerprint density at radius 3 is 2.59 bits per heavy atom. The number of alkyl halides is 1. The van der Waals surface area contributed by atoms with Gasteiger partial charge in [-0.1, -0.05) is 0 Å². The molecular formula is C28H29FN4O4. The highest BCUT2D eigenvalue weighted by atomic mass is 19.1. The summed E-state index contributed by atoms with van der Waals surface area (Å²) in [6.07, 6.45) is 6.87. The number of amides is 1. The number of aromatic nitrogens is 2. The second-order valence-electron chi connectivity index (χ2n) is 10.6. The molecule has 1 aliphatic heterocycles. The normalized spacial score (nSPS) is 22.4. The number of halogens is 1. The number of ether oxygens (including phenoxy) is 1. The molecule has 9 heteroatoms. The molecule has 0 atom stereocenters. The summed E-state index contributed by atoms with van der Waals surface area (Å²) < 4.78 is 25.4. The number of aryl methyl sites for hydroxylation is 2. The standard InChI is InChI=1S/C24H21N3O4.C4H8FN/c1-13-16(12-28)11-27-22(13)19(5-6-25-27)31-17-3-4-18-20(7-17)30-14(2)21(18)23(29)26-24-8-15(9-24)10-24;1-6-2-4(5)3-6/h3-7,11-12,15H,8-10H2,1-2H3,(H,26,29);4H,2-3H2,1H3. The predicted molar refractivity (Wildman–Crippen MR) is 136 cm³/mol. The first-order valence-electron chi connectivity index (χ1n) is 12.5. The maximum atomic E-state index is 12.9. The Balaban J connectivity index is 0.000000372. The van der Waals surface area contributed by atoms with Crippen molar-refractivity contribution in [3.05, 3.63) is 59.1 Å². The minimum Gasteiger partial charge on any atom is -0.460 e. The van der Waals surface area contributed by atoms with Gasteiger partial charge in [0.05, 0.1) is 11.8 Å². The second kappa shape index (κ2) is 8.69. The molecule has 3 saturated carbocycles. The molecule has 0 radical (unpaired) electrons. The number of carbonyl (C=O) groups excluding carboxylic acids is 2. The van der Waals surface area contributed by atoms with E-state index in [0.717, 1.165) is 47.9 Å². The van der Waals surface area contributed by atoms with E-state index in [0.29, 0.717) is 47.1 Å². The number of nitrogens with zero attached hydrogens (tertiary/aromatic N) is 3. The Hall–Kier alpha value is -3.72. The summed E-state index contributed by atoms with van der Waals surface area (Å²) >= 11 is 0. The zero-order valence-corrected chi connectivity index (χ0v) is 21.1. The third kappa shape index (κ3) is 4.07. The molecule has 4 aromatic rings. The lowest BCUT2D eigenvalue weighted by atomic mass is 9.50. The van der Waals surface area contributed by atoms with E-state index in [1.54, 1.807) is 29.0 Å². The van der Waals surface area contributed by atoms with E-state index < -0.39 is 6.17 Å². The molecule has 0 spiro atoms. The fourth-order valence-electron chi connectivity index (χ4n) is 5.67. The summed E-state index contributed by atoms with van der Waals surface area (Å²) in [5.41, 5.74) is 3.32. The van der Waals surface area contributed by atoms with Crippen LogP contribution in [0.3, 0.4) is 0 Å². The highest BCUT2D eigenvalue weighted by molar-refractivity contribution is 6.07. The van der Waals surface area contributed by atoms with Crippen LogP contribution in [0.15, 0.2) is 41.1 Å². The first-order valence-corrected chi connectivity index (χ1v) is 12.5. The first-order chi connectivity index (χ1) is 17.7. The molecule has 8 rings (SSSR count). The predicted octanol–water partition coefficient (Wildman–Crippen LogP) is 4.85. The number of rotatable bonds is 5. The molecule has 4 fully saturated rings. The third-order valence-corrected chi connectivity index (χ3v) is 7.78. The fourth-order valence-corrected chi connectivity index (χ4v) is 5.67. The number of fused-ring (bicyclic) bond motifs is 2. The van der Waals surface area contributed by atoms with Gasteiger partial charge in [0.15, 0.2) is 12.0 Å². The van der Waals surface area contributed by atoms with Crippen LogP contribution in [0.2, 0.25) is 0 Å². The van der Waals surface area contributed by atoms with Crippen molar-refractivity contribution in [2.45, 2.75) is 44.8 Å². The number of hydrogen-bond acceptors (Lipinski definition) is 6. The van der Waals surface area contributed by atoms with Crippen molar-refractivity contribution >= 4 is 28.7 Å². The van der Waals surface area contributed by atoms with E-state index in [-0.39, 0.29) is 11.4 Å². The van der Waals surface area contributed by atoms with Gasteiger partial charge < -0.3 is 19.4 Å². The van der Waals surface area contributed by atoms with Crippen molar-refractivity contribution in [3.63, 3.8) is 0 Å². The van der Waals surface area contributed by atoms with Crippen LogP contribution in [0.4, 0.5) is 4.39 Å². The maximum absolute atomic E-state index is 12.9. The number of nitrogens with one attached hydrogen (secondary N) is 1. The van der Waals surface area contributed by atoms with Crippen molar-refractivity contribution in [1.29, 1.82) is 0 Å². The molecule has 2 bridgehead atoms. The van der Waals surface area contributed by atoms with Crippen LogP contribution in [0.5, 0.6) is 11.5 Å². The SMILES string of the molecule is CN1CC(F)C1.Cc1oc2cc(Oc3ccnn4cc(C=O)c(C)c34)ccc2c1C(=O)NC12CC(C1)C2. The number of carbonyl (C=O) groups is 2. The lowest BCUT2D eigenvalue weighted by Crippen LogP contribution is -2.68. The Kier molecular flexibility index (Phi) is 5.56. The Morgan fingerprint density at radius 1 is 1.24 bits per heavy atom. The third-order valence-electron chi connectivity index (χ3n) is 7.78. The van der Waals surface area contributed by atoms with Crippen LogP contribution in [0.1, 0.15) is 51.3 Å². The summed E-state index contributed by atoms with van der Waals surface area (Å²) in [6, 6.07) is 7.23. The van der Waals surface area contributed by atoms with Crippen molar-refractivity contribution in [2.75, 3.05) is 20.1 Å². The lowest BCUT2D eigenvalue weighted by Gasteiger charge is -2.61. The molecule has 1 N–H and O–H groups in total. The Morgan fingerprint density at radius 2 is 2.00 bits per heavy atom. The van der Waals surface area contributed by atoms with E-state index in [1.165, 1.54) is 0 Å². The molecule has 4 aliphatic rings. The number of hydrogen-bond donors (Lipinski definition) is 1. The van der Waals surface area contributed by atoms with Crippen LogP contribution >= 0.6 is 0 Å². The number of furan rings is 1. The molecule has 8 nitrogen and oxygen atoms in total. The maximum Gasteiger partial charge on any atom is 0.255 e. The molecule has 1 amide bonds. The average molecular weight is 505 g/mol. The summed E-state index contributed by atoms with van der Waals surface area (Å²) in [7, 11) is 1.91. The van der Waals surface area contributed by atoms with Crippen LogP contribution in [-0.4, -0.2) is 58.6 Å². The smallest absolute Gasteiger partial charge is 0.255 e. The van der Waals surface area contributed by atoms with Crippen LogP contribution in [-0.2, 0) is 0 Å². The van der Waals surface area contributed by atoms with Gasteiger partial charge in [-0.3, -0.25) is 9.59 Å². The second-order valence-corrected chi connectivity index (χ2v) is 10.6. The van der Waals surface area contributed by atoms with Crippen molar-refractivity contribution in [3.8, 4) is 11.5 Å². The Bertz CT molecular complexity index is 1510. The van der Waals surface area contributed by atoms with Gasteiger partial charge in [-0.25, -0.2) is 8.91 Å². The van der Waals surface area contributed by atoms with Gasteiger partial charge in [-0.05, 0) is 63.8 Å². The quantitative estimate of drug-likeness (QED) is 0.391. The number of likely N-dealkylation sites (tertiary alicyclic amines) is 1. The molecule has 4 heterocycles. The fraction of sp³-hybridized carbons (Fsp3) is 0.393.